The molecular formula is C19H17NO5S. The van der Waals surface area contributed by atoms with Gasteiger partial charge < -0.3 is 14.8 Å². The van der Waals surface area contributed by atoms with Gasteiger partial charge >= 0.3 is 11.9 Å². The van der Waals surface area contributed by atoms with Gasteiger partial charge in [0.1, 0.15) is 13.2 Å². The van der Waals surface area contributed by atoms with Gasteiger partial charge in [-0.3, -0.25) is 9.59 Å². The highest BCUT2D eigenvalue weighted by Crippen LogP contribution is 2.36. The first kappa shape index (κ1) is 18.0. The van der Waals surface area contributed by atoms with Crippen LogP contribution >= 0.6 is 11.8 Å². The molecule has 1 unspecified atom stereocenters. The van der Waals surface area contributed by atoms with Crippen molar-refractivity contribution in [3.8, 4) is 0 Å². The van der Waals surface area contributed by atoms with Crippen LogP contribution in [-0.4, -0.2) is 36.3 Å². The molecule has 26 heavy (non-hydrogen) atoms. The van der Waals surface area contributed by atoms with Crippen LogP contribution in [0.2, 0.25) is 0 Å². The molecule has 6 nitrogen and oxygen atoms in total. The molecule has 0 bridgehead atoms. The van der Waals surface area contributed by atoms with E-state index in [0.717, 1.165) is 10.6 Å². The molecule has 7 heteroatoms. The van der Waals surface area contributed by atoms with E-state index in [1.54, 1.807) is 30.3 Å². The topological polar surface area (TPSA) is 81.7 Å². The molecule has 0 fully saturated rings. The quantitative estimate of drug-likeness (QED) is 0.621. The van der Waals surface area contributed by atoms with E-state index in [4.69, 9.17) is 9.47 Å². The van der Waals surface area contributed by atoms with Crippen LogP contribution in [0, 0.1) is 0 Å². The molecule has 134 valence electrons. The standard InChI is InChI=1S/C19H17NO5S/c21-17(24-10-11-25-19(23)13-6-2-1-3-7-13)12-16-18(22)20-14-8-4-5-9-15(14)26-16/h1-9,16H,10-12H2,(H,20,22). The Morgan fingerprint density at radius 1 is 0.962 bits per heavy atom. The van der Waals surface area contributed by atoms with Crippen molar-refractivity contribution >= 4 is 35.3 Å². The molecule has 0 spiro atoms. The highest BCUT2D eigenvalue weighted by atomic mass is 32.2. The number of thioether (sulfide) groups is 1. The number of carbonyl (C=O) groups excluding carboxylic acids is 3. The SMILES string of the molecule is O=C(CC1Sc2ccccc2NC1=O)OCCOC(=O)c1ccccc1. The van der Waals surface area contributed by atoms with E-state index in [-0.39, 0.29) is 25.5 Å². The van der Waals surface area contributed by atoms with Crippen LogP contribution in [-0.2, 0) is 19.1 Å². The van der Waals surface area contributed by atoms with E-state index in [2.05, 4.69) is 5.32 Å². The zero-order chi connectivity index (χ0) is 18.4. The van der Waals surface area contributed by atoms with Gasteiger partial charge in [0.05, 0.1) is 22.9 Å². The monoisotopic (exact) mass is 371 g/mol. The van der Waals surface area contributed by atoms with Gasteiger partial charge in [-0.15, -0.1) is 11.8 Å². The first-order valence-electron chi connectivity index (χ1n) is 8.08. The lowest BCUT2D eigenvalue weighted by Crippen LogP contribution is -2.31. The van der Waals surface area contributed by atoms with Gasteiger partial charge in [-0.05, 0) is 24.3 Å². The van der Waals surface area contributed by atoms with Gasteiger partial charge in [-0.2, -0.15) is 0 Å². The van der Waals surface area contributed by atoms with Crippen molar-refractivity contribution in [2.75, 3.05) is 18.5 Å². The minimum Gasteiger partial charge on any atom is -0.462 e. The van der Waals surface area contributed by atoms with Gasteiger partial charge in [0, 0.05) is 4.90 Å². The fraction of sp³-hybridized carbons (Fsp3) is 0.211. The van der Waals surface area contributed by atoms with E-state index in [1.165, 1.54) is 11.8 Å². The number of amides is 1. The predicted octanol–water partition coefficient (Wildman–Crippen LogP) is 2.89. The van der Waals surface area contributed by atoms with E-state index < -0.39 is 17.2 Å². The lowest BCUT2D eigenvalue weighted by Gasteiger charge is -2.23. The zero-order valence-electron chi connectivity index (χ0n) is 13.8. The van der Waals surface area contributed by atoms with Crippen LogP contribution in [0.3, 0.4) is 0 Å². The van der Waals surface area contributed by atoms with Crippen molar-refractivity contribution in [3.63, 3.8) is 0 Å². The number of rotatable bonds is 6. The summed E-state index contributed by atoms with van der Waals surface area (Å²) in [4.78, 5) is 36.7. The van der Waals surface area contributed by atoms with Crippen LogP contribution in [0.4, 0.5) is 5.69 Å². The second kappa shape index (κ2) is 8.53. The molecule has 1 amide bonds. The van der Waals surface area contributed by atoms with Crippen LogP contribution < -0.4 is 5.32 Å². The van der Waals surface area contributed by atoms with Crippen molar-refractivity contribution in [1.82, 2.24) is 0 Å². The summed E-state index contributed by atoms with van der Waals surface area (Å²) in [6.07, 6.45) is -0.0442. The molecule has 1 aliphatic heterocycles. The lowest BCUT2D eigenvalue weighted by molar-refractivity contribution is -0.145. The summed E-state index contributed by atoms with van der Waals surface area (Å²) in [5, 5.41) is 2.24. The molecule has 3 rings (SSSR count). The molecule has 0 saturated carbocycles. The van der Waals surface area contributed by atoms with Crippen LogP contribution in [0.15, 0.2) is 59.5 Å². The maximum Gasteiger partial charge on any atom is 0.338 e. The van der Waals surface area contributed by atoms with E-state index in [1.807, 2.05) is 24.3 Å². The maximum absolute atomic E-state index is 12.1. The van der Waals surface area contributed by atoms with Crippen molar-refractivity contribution in [2.24, 2.45) is 0 Å². The number of nitrogens with one attached hydrogen (secondary N) is 1. The fourth-order valence-electron chi connectivity index (χ4n) is 2.38. The number of hydrogen-bond acceptors (Lipinski definition) is 6. The Kier molecular flexibility index (Phi) is 5.91. The second-order valence-electron chi connectivity index (χ2n) is 5.52. The number of benzene rings is 2. The van der Waals surface area contributed by atoms with Crippen molar-refractivity contribution < 1.29 is 23.9 Å². The highest BCUT2D eigenvalue weighted by molar-refractivity contribution is 8.01. The number of anilines is 1. The van der Waals surface area contributed by atoms with Crippen LogP contribution in [0.5, 0.6) is 0 Å². The molecule has 0 saturated heterocycles. The molecule has 1 N–H and O–H groups in total. The van der Waals surface area contributed by atoms with Crippen LogP contribution in [0.25, 0.3) is 0 Å². The average Bonchev–Trinajstić information content (AvgIpc) is 2.66. The summed E-state index contributed by atoms with van der Waals surface area (Å²) >= 11 is 1.34. The average molecular weight is 371 g/mol. The molecule has 1 atom stereocenters. The summed E-state index contributed by atoms with van der Waals surface area (Å²) in [5.41, 5.74) is 1.19. The maximum atomic E-state index is 12.1. The van der Waals surface area contributed by atoms with Gasteiger partial charge in [-0.25, -0.2) is 4.79 Å². The Morgan fingerprint density at radius 3 is 2.46 bits per heavy atom. The Hall–Kier alpha value is -2.80. The third kappa shape index (κ3) is 4.64. The lowest BCUT2D eigenvalue weighted by atomic mass is 10.2. The van der Waals surface area contributed by atoms with Crippen molar-refractivity contribution in [1.29, 1.82) is 0 Å². The number of para-hydroxylation sites is 1. The summed E-state index contributed by atoms with van der Waals surface area (Å²) in [6, 6.07) is 16.0. The third-order valence-electron chi connectivity index (χ3n) is 3.65. The number of hydrogen-bond donors (Lipinski definition) is 1. The molecule has 0 radical (unpaired) electrons. The first-order valence-corrected chi connectivity index (χ1v) is 8.96. The first-order chi connectivity index (χ1) is 12.6. The minimum absolute atomic E-state index is 0.0354. The Bertz CT molecular complexity index is 809. The number of esters is 2. The summed E-state index contributed by atoms with van der Waals surface area (Å²) < 4.78 is 10.1. The smallest absolute Gasteiger partial charge is 0.338 e. The zero-order valence-corrected chi connectivity index (χ0v) is 14.7. The summed E-state index contributed by atoms with van der Waals surface area (Å²) in [6.45, 7) is -0.0840. The Labute approximate surface area is 154 Å². The van der Waals surface area contributed by atoms with E-state index >= 15 is 0 Å². The molecule has 1 heterocycles. The van der Waals surface area contributed by atoms with E-state index in [9.17, 15) is 14.4 Å². The predicted molar refractivity (Wildman–Crippen MR) is 97.0 cm³/mol. The largest absolute Gasteiger partial charge is 0.462 e. The van der Waals surface area contributed by atoms with Gasteiger partial charge in [-0.1, -0.05) is 30.3 Å². The molecule has 2 aromatic rings. The summed E-state index contributed by atoms with van der Waals surface area (Å²) in [5.74, 6) is -1.20. The molecule has 0 aliphatic carbocycles. The highest BCUT2D eigenvalue weighted by Gasteiger charge is 2.29. The Balaban J connectivity index is 1.41. The number of ether oxygens (including phenoxy) is 2. The normalized spacial score (nSPS) is 15.5. The fourth-order valence-corrected chi connectivity index (χ4v) is 3.48. The second-order valence-corrected chi connectivity index (χ2v) is 6.76. The summed E-state index contributed by atoms with van der Waals surface area (Å²) in [7, 11) is 0. The van der Waals surface area contributed by atoms with E-state index in [0.29, 0.717) is 5.56 Å². The van der Waals surface area contributed by atoms with Gasteiger partial charge in [0.2, 0.25) is 5.91 Å². The molecule has 1 aliphatic rings. The molecule has 2 aromatic carbocycles. The molecular weight excluding hydrogens is 354 g/mol. The van der Waals surface area contributed by atoms with Crippen molar-refractivity contribution in [2.45, 2.75) is 16.6 Å². The minimum atomic E-state index is -0.538. The van der Waals surface area contributed by atoms with Crippen LogP contribution in [0.1, 0.15) is 16.8 Å². The number of carbonyl (C=O) groups is 3. The number of fused-ring (bicyclic) bond motifs is 1. The van der Waals surface area contributed by atoms with Crippen molar-refractivity contribution in [3.05, 3.63) is 60.2 Å². The van der Waals surface area contributed by atoms with Gasteiger partial charge in [0.25, 0.3) is 0 Å². The van der Waals surface area contributed by atoms with Gasteiger partial charge in [0.15, 0.2) is 0 Å². The Morgan fingerprint density at radius 2 is 1.65 bits per heavy atom. The third-order valence-corrected chi connectivity index (χ3v) is 4.92. The molecule has 0 aromatic heterocycles.